The molecule has 1 aromatic carbocycles. The van der Waals surface area contributed by atoms with Crippen LogP contribution < -0.4 is 10.8 Å². The molecule has 0 aliphatic heterocycles. The summed E-state index contributed by atoms with van der Waals surface area (Å²) in [5, 5.41) is 13.3. The second-order valence-corrected chi connectivity index (χ2v) is 8.29. The zero-order valence-electron chi connectivity index (χ0n) is 18.6. The second kappa shape index (κ2) is 13.4. The van der Waals surface area contributed by atoms with Gasteiger partial charge in [-0.05, 0) is 56.8 Å². The molecule has 0 fully saturated rings. The van der Waals surface area contributed by atoms with Crippen molar-refractivity contribution in [1.29, 1.82) is 0 Å². The van der Waals surface area contributed by atoms with E-state index in [4.69, 9.17) is 16.3 Å². The summed E-state index contributed by atoms with van der Waals surface area (Å²) in [6, 6.07) is 12.1. The summed E-state index contributed by atoms with van der Waals surface area (Å²) in [6.07, 6.45) is 5.38. The van der Waals surface area contributed by atoms with E-state index < -0.39 is 0 Å². The Bertz CT molecular complexity index is 784. The van der Waals surface area contributed by atoms with Crippen LogP contribution >= 0.6 is 11.6 Å². The average molecular weight is 448 g/mol. The lowest BCUT2D eigenvalue weighted by Crippen LogP contribution is -2.30. The minimum atomic E-state index is -0.362. The molecular weight excluding hydrogens is 414 g/mol. The van der Waals surface area contributed by atoms with Crippen molar-refractivity contribution >= 4 is 17.5 Å². The molecule has 2 rings (SSSR count). The van der Waals surface area contributed by atoms with Crippen molar-refractivity contribution in [2.24, 2.45) is 5.92 Å². The Morgan fingerprint density at radius 2 is 1.94 bits per heavy atom. The lowest BCUT2D eigenvalue weighted by molar-refractivity contribution is -0.135. The number of ether oxygens (including phenoxy) is 1. The first kappa shape index (κ1) is 25.3. The minimum Gasteiger partial charge on any atom is -0.377 e. The molecule has 0 spiro atoms. The molecular formula is C24H34ClN3O3. The van der Waals surface area contributed by atoms with Gasteiger partial charge in [-0.2, -0.15) is 0 Å². The summed E-state index contributed by atoms with van der Waals surface area (Å²) >= 11 is 5.92. The minimum absolute atomic E-state index is 0.174. The van der Waals surface area contributed by atoms with Crippen molar-refractivity contribution in [2.45, 2.75) is 58.1 Å². The molecule has 2 aromatic rings. The number of amides is 1. The number of halogens is 1. The highest BCUT2D eigenvalue weighted by atomic mass is 35.5. The number of nitrogens with zero attached hydrogens (tertiary/aromatic N) is 1. The van der Waals surface area contributed by atoms with Crippen LogP contribution in [0.4, 0.5) is 0 Å². The van der Waals surface area contributed by atoms with Crippen molar-refractivity contribution < 1.29 is 14.7 Å². The molecule has 1 amide bonds. The summed E-state index contributed by atoms with van der Waals surface area (Å²) in [5.41, 5.74) is 5.01. The number of nitrogens with one attached hydrogen (secondary N) is 2. The van der Waals surface area contributed by atoms with E-state index >= 15 is 0 Å². The van der Waals surface area contributed by atoms with Crippen molar-refractivity contribution in [3.63, 3.8) is 0 Å². The average Bonchev–Trinajstić information content (AvgIpc) is 2.79. The maximum atomic E-state index is 12.2. The second-order valence-electron chi connectivity index (χ2n) is 7.86. The van der Waals surface area contributed by atoms with E-state index in [1.807, 2.05) is 48.8 Å². The molecule has 3 atom stereocenters. The van der Waals surface area contributed by atoms with Crippen molar-refractivity contribution in [1.82, 2.24) is 15.8 Å². The van der Waals surface area contributed by atoms with Gasteiger partial charge in [-0.1, -0.05) is 54.8 Å². The van der Waals surface area contributed by atoms with Gasteiger partial charge in [0.1, 0.15) is 0 Å². The van der Waals surface area contributed by atoms with Crippen molar-refractivity contribution in [3.8, 4) is 0 Å². The van der Waals surface area contributed by atoms with Crippen LogP contribution in [0.5, 0.6) is 0 Å². The van der Waals surface area contributed by atoms with Gasteiger partial charge in [-0.3, -0.25) is 15.0 Å². The molecule has 0 unspecified atom stereocenters. The number of methoxy groups -OCH3 is 1. The molecule has 0 bridgehead atoms. The van der Waals surface area contributed by atoms with Crippen LogP contribution in [0.15, 0.2) is 42.6 Å². The number of carbonyl (C=O) groups is 1. The third-order valence-corrected chi connectivity index (χ3v) is 5.82. The van der Waals surface area contributed by atoms with Gasteiger partial charge < -0.3 is 10.1 Å². The number of hydroxylamine groups is 1. The van der Waals surface area contributed by atoms with Crippen molar-refractivity contribution in [2.75, 3.05) is 13.7 Å². The Hall–Kier alpha value is -1.99. The van der Waals surface area contributed by atoms with E-state index in [9.17, 15) is 10.0 Å². The topological polar surface area (TPSA) is 83.5 Å². The van der Waals surface area contributed by atoms with Crippen LogP contribution in [0.3, 0.4) is 0 Å². The molecule has 0 radical (unpaired) electrons. The molecule has 6 nitrogen and oxygen atoms in total. The summed E-state index contributed by atoms with van der Waals surface area (Å²) in [6.45, 7) is 4.97. The Morgan fingerprint density at radius 3 is 2.52 bits per heavy atom. The zero-order valence-corrected chi connectivity index (χ0v) is 19.4. The molecule has 0 saturated carbocycles. The number of hydrogen-bond donors (Lipinski definition) is 3. The maximum absolute atomic E-state index is 12.2. The van der Waals surface area contributed by atoms with Crippen LogP contribution in [0.25, 0.3) is 0 Å². The number of carbonyl (C=O) groups excluding carboxylic acids is 1. The van der Waals surface area contributed by atoms with E-state index in [2.05, 4.69) is 17.2 Å². The fraction of sp³-hybridized carbons (Fsp3) is 0.500. The lowest BCUT2D eigenvalue weighted by atomic mass is 9.91. The SMILES string of the molecule is CC[C@@H](NCCCC[C@@H](C[C@@H](OC)c1ccc(C)cc1)C(=O)NO)c1ccc(Cl)cn1. The first-order valence-corrected chi connectivity index (χ1v) is 11.2. The van der Waals surface area contributed by atoms with Crippen LogP contribution in [0.2, 0.25) is 5.02 Å². The maximum Gasteiger partial charge on any atom is 0.246 e. The van der Waals surface area contributed by atoms with Crippen LogP contribution in [0, 0.1) is 12.8 Å². The first-order valence-electron chi connectivity index (χ1n) is 10.9. The number of pyridine rings is 1. The quantitative estimate of drug-likeness (QED) is 0.224. The largest absolute Gasteiger partial charge is 0.377 e. The third kappa shape index (κ3) is 8.22. The monoisotopic (exact) mass is 447 g/mol. The van der Waals surface area contributed by atoms with Gasteiger partial charge in [0.2, 0.25) is 5.91 Å². The molecule has 7 heteroatoms. The number of rotatable bonds is 13. The molecule has 1 aromatic heterocycles. The summed E-state index contributed by atoms with van der Waals surface area (Å²) in [4.78, 5) is 16.6. The van der Waals surface area contributed by atoms with Gasteiger partial charge in [0, 0.05) is 25.3 Å². The van der Waals surface area contributed by atoms with Gasteiger partial charge >= 0.3 is 0 Å². The van der Waals surface area contributed by atoms with Gasteiger partial charge in [-0.15, -0.1) is 0 Å². The first-order chi connectivity index (χ1) is 15.0. The lowest BCUT2D eigenvalue weighted by Gasteiger charge is -2.22. The Morgan fingerprint density at radius 1 is 1.19 bits per heavy atom. The number of benzene rings is 1. The van der Waals surface area contributed by atoms with Gasteiger partial charge in [0.25, 0.3) is 0 Å². The highest BCUT2D eigenvalue weighted by Gasteiger charge is 2.23. The van der Waals surface area contributed by atoms with E-state index in [-0.39, 0.29) is 24.0 Å². The molecule has 170 valence electrons. The molecule has 3 N–H and O–H groups in total. The Labute approximate surface area is 190 Å². The Balaban J connectivity index is 1.84. The fourth-order valence-corrected chi connectivity index (χ4v) is 3.81. The molecule has 1 heterocycles. The molecule has 0 saturated heterocycles. The highest BCUT2D eigenvalue weighted by molar-refractivity contribution is 6.30. The van der Waals surface area contributed by atoms with E-state index in [1.165, 1.54) is 5.56 Å². The molecule has 0 aliphatic carbocycles. The zero-order chi connectivity index (χ0) is 22.6. The fourth-order valence-electron chi connectivity index (χ4n) is 3.70. The molecule has 0 aliphatic rings. The van der Waals surface area contributed by atoms with Gasteiger partial charge in [0.15, 0.2) is 0 Å². The van der Waals surface area contributed by atoms with Crippen LogP contribution in [-0.2, 0) is 9.53 Å². The summed E-state index contributed by atoms with van der Waals surface area (Å²) in [7, 11) is 1.65. The van der Waals surface area contributed by atoms with Crippen molar-refractivity contribution in [3.05, 3.63) is 64.4 Å². The third-order valence-electron chi connectivity index (χ3n) is 5.60. The van der Waals surface area contributed by atoms with E-state index in [1.54, 1.807) is 13.3 Å². The smallest absolute Gasteiger partial charge is 0.246 e. The predicted octanol–water partition coefficient (Wildman–Crippen LogP) is 5.15. The van der Waals surface area contributed by atoms with E-state index in [0.717, 1.165) is 37.1 Å². The number of aryl methyl sites for hydroxylation is 1. The highest BCUT2D eigenvalue weighted by Crippen LogP contribution is 2.28. The van der Waals surface area contributed by atoms with E-state index in [0.29, 0.717) is 17.9 Å². The van der Waals surface area contributed by atoms with Crippen LogP contribution in [0.1, 0.15) is 68.0 Å². The van der Waals surface area contributed by atoms with Crippen LogP contribution in [-0.4, -0.2) is 29.8 Å². The normalized spacial score (nSPS) is 14.1. The van der Waals surface area contributed by atoms with Gasteiger partial charge in [0.05, 0.1) is 16.8 Å². The number of aromatic nitrogens is 1. The number of hydrogen-bond acceptors (Lipinski definition) is 5. The Kier molecular flexibility index (Phi) is 10.9. The molecule has 31 heavy (non-hydrogen) atoms. The summed E-state index contributed by atoms with van der Waals surface area (Å²) < 4.78 is 5.64. The standard InChI is InChI=1S/C24H34ClN3O3/c1-4-21(22-13-12-20(25)16-27-22)26-14-6-5-7-19(24(29)28-30)15-23(31-3)18-10-8-17(2)9-11-18/h8-13,16,19,21,23,26,30H,4-7,14-15H2,1-3H3,(H,28,29)/t19-,21+,23+/m0/s1. The van der Waals surface area contributed by atoms with Gasteiger partial charge in [-0.25, -0.2) is 5.48 Å². The number of unbranched alkanes of at least 4 members (excludes halogenated alkanes) is 1. The predicted molar refractivity (Wildman–Crippen MR) is 123 cm³/mol. The summed E-state index contributed by atoms with van der Waals surface area (Å²) in [5.74, 6) is -0.685.